The molecule has 1 fully saturated rings. The highest BCUT2D eigenvalue weighted by atomic mass is 32.1. The van der Waals surface area contributed by atoms with Gasteiger partial charge < -0.3 is 4.90 Å². The average molecular weight is 287 g/mol. The van der Waals surface area contributed by atoms with E-state index in [2.05, 4.69) is 9.97 Å². The third-order valence-electron chi connectivity index (χ3n) is 3.68. The summed E-state index contributed by atoms with van der Waals surface area (Å²) in [5.74, 6) is 0.485. The molecule has 1 aliphatic heterocycles. The largest absolute Gasteiger partial charge is 0.337 e. The van der Waals surface area contributed by atoms with E-state index < -0.39 is 0 Å². The molecule has 5 heteroatoms. The van der Waals surface area contributed by atoms with Crippen LogP contribution in [-0.2, 0) is 0 Å². The van der Waals surface area contributed by atoms with Crippen LogP contribution >= 0.6 is 11.3 Å². The molecule has 1 aliphatic rings. The van der Waals surface area contributed by atoms with Crippen molar-refractivity contribution in [2.24, 2.45) is 0 Å². The molecule has 0 aliphatic carbocycles. The fourth-order valence-corrected chi connectivity index (χ4v) is 3.49. The molecule has 0 radical (unpaired) electrons. The van der Waals surface area contributed by atoms with Crippen molar-refractivity contribution >= 4 is 17.2 Å². The van der Waals surface area contributed by atoms with Gasteiger partial charge >= 0.3 is 0 Å². The van der Waals surface area contributed by atoms with Crippen LogP contribution in [0, 0.1) is 6.92 Å². The van der Waals surface area contributed by atoms with Gasteiger partial charge in [0.2, 0.25) is 0 Å². The maximum atomic E-state index is 12.5. The van der Waals surface area contributed by atoms with Gasteiger partial charge in [0.05, 0.1) is 4.88 Å². The van der Waals surface area contributed by atoms with Crippen molar-refractivity contribution in [2.45, 2.75) is 25.7 Å². The Balaban J connectivity index is 1.74. The number of hydrogen-bond donors (Lipinski definition) is 0. The smallest absolute Gasteiger partial charge is 0.263 e. The molecule has 3 heterocycles. The maximum Gasteiger partial charge on any atom is 0.263 e. The lowest BCUT2D eigenvalue weighted by Gasteiger charge is -2.32. The van der Waals surface area contributed by atoms with Gasteiger partial charge in [-0.2, -0.15) is 0 Å². The molecule has 1 saturated heterocycles. The number of likely N-dealkylation sites (tertiary alicyclic amines) is 1. The first-order chi connectivity index (χ1) is 9.74. The molecule has 1 atom stereocenters. The minimum absolute atomic E-state index is 0.154. The molecule has 0 N–H and O–H groups in total. The minimum Gasteiger partial charge on any atom is -0.337 e. The molecule has 4 nitrogen and oxygen atoms in total. The summed E-state index contributed by atoms with van der Waals surface area (Å²) in [6, 6.07) is 5.88. The van der Waals surface area contributed by atoms with Crippen LogP contribution in [-0.4, -0.2) is 33.9 Å². The number of thiophene rings is 1. The van der Waals surface area contributed by atoms with E-state index in [1.54, 1.807) is 23.9 Å². The third-order valence-corrected chi connectivity index (χ3v) is 4.67. The number of carbonyl (C=O) groups is 1. The summed E-state index contributed by atoms with van der Waals surface area (Å²) in [5.41, 5.74) is 1.04. The lowest BCUT2D eigenvalue weighted by Crippen LogP contribution is -2.39. The summed E-state index contributed by atoms with van der Waals surface area (Å²) in [7, 11) is 0. The standard InChI is InChI=1S/C15H17N3OS/c1-11-4-5-14(20-11)15(19)18-8-2-3-12(9-18)13-6-7-16-10-17-13/h4-7,10,12H,2-3,8-9H2,1H3/t12-/m1/s1. The van der Waals surface area contributed by atoms with Gasteiger partial charge in [0.25, 0.3) is 5.91 Å². The zero-order chi connectivity index (χ0) is 13.9. The van der Waals surface area contributed by atoms with Crippen molar-refractivity contribution < 1.29 is 4.79 Å². The van der Waals surface area contributed by atoms with Crippen LogP contribution in [0.25, 0.3) is 0 Å². The van der Waals surface area contributed by atoms with Gasteiger partial charge in [-0.1, -0.05) is 0 Å². The Morgan fingerprint density at radius 3 is 3.00 bits per heavy atom. The summed E-state index contributed by atoms with van der Waals surface area (Å²) >= 11 is 1.57. The Morgan fingerprint density at radius 2 is 2.30 bits per heavy atom. The number of nitrogens with zero attached hydrogens (tertiary/aromatic N) is 3. The highest BCUT2D eigenvalue weighted by Crippen LogP contribution is 2.27. The van der Waals surface area contributed by atoms with E-state index >= 15 is 0 Å². The molecule has 0 saturated carbocycles. The Hall–Kier alpha value is -1.75. The summed E-state index contributed by atoms with van der Waals surface area (Å²) in [5, 5.41) is 0. The Kier molecular flexibility index (Phi) is 3.78. The van der Waals surface area contributed by atoms with Crippen molar-refractivity contribution in [1.29, 1.82) is 0 Å². The molecule has 104 valence electrons. The molecule has 0 bridgehead atoms. The fraction of sp³-hybridized carbons (Fsp3) is 0.400. The molecule has 0 aromatic carbocycles. The van der Waals surface area contributed by atoms with Crippen molar-refractivity contribution in [3.63, 3.8) is 0 Å². The molecule has 1 amide bonds. The molecular weight excluding hydrogens is 270 g/mol. The van der Waals surface area contributed by atoms with Crippen molar-refractivity contribution in [2.75, 3.05) is 13.1 Å². The maximum absolute atomic E-state index is 12.5. The number of piperidine rings is 1. The monoisotopic (exact) mass is 287 g/mol. The van der Waals surface area contributed by atoms with Gasteiger partial charge in [-0.15, -0.1) is 11.3 Å². The number of aryl methyl sites for hydroxylation is 1. The topological polar surface area (TPSA) is 46.1 Å². The van der Waals surface area contributed by atoms with Crippen molar-refractivity contribution in [3.8, 4) is 0 Å². The zero-order valence-electron chi connectivity index (χ0n) is 11.5. The van der Waals surface area contributed by atoms with E-state index in [-0.39, 0.29) is 5.91 Å². The molecule has 2 aromatic rings. The van der Waals surface area contributed by atoms with Crippen LogP contribution in [0.5, 0.6) is 0 Å². The molecule has 2 aromatic heterocycles. The van der Waals surface area contributed by atoms with E-state index in [0.717, 1.165) is 36.5 Å². The van der Waals surface area contributed by atoms with Crippen LogP contribution in [0.3, 0.4) is 0 Å². The van der Waals surface area contributed by atoms with Crippen LogP contribution in [0.4, 0.5) is 0 Å². The van der Waals surface area contributed by atoms with Gasteiger partial charge in [-0.05, 0) is 38.0 Å². The molecule has 20 heavy (non-hydrogen) atoms. The first-order valence-corrected chi connectivity index (χ1v) is 7.67. The predicted octanol–water partition coefficient (Wildman–Crippen LogP) is 2.87. The average Bonchev–Trinajstić information content (AvgIpc) is 2.94. The number of aromatic nitrogens is 2. The minimum atomic E-state index is 0.154. The second-order valence-corrected chi connectivity index (χ2v) is 6.42. The van der Waals surface area contributed by atoms with Crippen molar-refractivity contribution in [1.82, 2.24) is 14.9 Å². The quantitative estimate of drug-likeness (QED) is 0.853. The van der Waals surface area contributed by atoms with Crippen LogP contribution in [0.2, 0.25) is 0 Å². The second kappa shape index (κ2) is 5.71. The highest BCUT2D eigenvalue weighted by molar-refractivity contribution is 7.13. The van der Waals surface area contributed by atoms with E-state index in [4.69, 9.17) is 0 Å². The third kappa shape index (κ3) is 2.72. The zero-order valence-corrected chi connectivity index (χ0v) is 12.3. The summed E-state index contributed by atoms with van der Waals surface area (Å²) in [4.78, 5) is 24.8. The highest BCUT2D eigenvalue weighted by Gasteiger charge is 2.26. The van der Waals surface area contributed by atoms with E-state index in [1.807, 2.05) is 30.0 Å². The summed E-state index contributed by atoms with van der Waals surface area (Å²) in [6.45, 7) is 3.63. The van der Waals surface area contributed by atoms with E-state index in [9.17, 15) is 4.79 Å². The van der Waals surface area contributed by atoms with Gasteiger partial charge in [-0.3, -0.25) is 4.79 Å². The molecular formula is C15H17N3OS. The van der Waals surface area contributed by atoms with E-state index in [1.165, 1.54) is 4.88 Å². The van der Waals surface area contributed by atoms with Gasteiger partial charge in [0.15, 0.2) is 0 Å². The molecule has 0 spiro atoms. The number of carbonyl (C=O) groups excluding carboxylic acids is 1. The summed E-state index contributed by atoms with van der Waals surface area (Å²) in [6.07, 6.45) is 5.47. The van der Waals surface area contributed by atoms with Crippen LogP contribution in [0.15, 0.2) is 30.7 Å². The lowest BCUT2D eigenvalue weighted by atomic mass is 9.94. The lowest BCUT2D eigenvalue weighted by molar-refractivity contribution is 0.0711. The molecule has 3 rings (SSSR count). The number of rotatable bonds is 2. The predicted molar refractivity (Wildman–Crippen MR) is 79.0 cm³/mol. The van der Waals surface area contributed by atoms with Crippen molar-refractivity contribution in [3.05, 3.63) is 46.2 Å². The fourth-order valence-electron chi connectivity index (χ4n) is 2.65. The van der Waals surface area contributed by atoms with Crippen LogP contribution < -0.4 is 0 Å². The Bertz CT molecular complexity index is 596. The SMILES string of the molecule is Cc1ccc(C(=O)N2CCC[C@@H](c3ccncn3)C2)s1. The second-order valence-electron chi connectivity index (χ2n) is 5.13. The first-order valence-electron chi connectivity index (χ1n) is 6.85. The normalized spacial score (nSPS) is 19.1. The van der Waals surface area contributed by atoms with Gasteiger partial charge in [0.1, 0.15) is 6.33 Å². The van der Waals surface area contributed by atoms with Gasteiger partial charge in [-0.25, -0.2) is 9.97 Å². The van der Waals surface area contributed by atoms with E-state index in [0.29, 0.717) is 5.92 Å². The van der Waals surface area contributed by atoms with Crippen LogP contribution in [0.1, 0.15) is 39.0 Å². The van der Waals surface area contributed by atoms with Gasteiger partial charge in [0, 0.05) is 35.8 Å². The molecule has 0 unspecified atom stereocenters. The number of hydrogen-bond acceptors (Lipinski definition) is 4. The number of amides is 1. The summed E-state index contributed by atoms with van der Waals surface area (Å²) < 4.78 is 0. The first kappa shape index (κ1) is 13.2. The Labute approximate surface area is 122 Å². The Morgan fingerprint density at radius 1 is 1.40 bits per heavy atom.